The van der Waals surface area contributed by atoms with E-state index in [0.717, 1.165) is 5.56 Å². The summed E-state index contributed by atoms with van der Waals surface area (Å²) in [6, 6.07) is 5.61. The summed E-state index contributed by atoms with van der Waals surface area (Å²) < 4.78 is 21.0. The number of fused-ring (bicyclic) bond motifs is 1. The molecule has 0 fully saturated rings. The van der Waals surface area contributed by atoms with Crippen molar-refractivity contribution in [1.82, 2.24) is 0 Å². The highest BCUT2D eigenvalue weighted by molar-refractivity contribution is 6.03. The standard InChI is InChI=1S/C19H20O6/c1-10-17-13(20)7-12(9-16(17)25-18(10)19(21)24-4)11-5-6-14(22-2)15(8-11)23-3/h5-6,8,12H,7,9H2,1-4H3. The van der Waals surface area contributed by atoms with Crippen molar-refractivity contribution < 1.29 is 28.2 Å². The Bertz CT molecular complexity index is 833. The number of hydrogen-bond acceptors (Lipinski definition) is 6. The van der Waals surface area contributed by atoms with Gasteiger partial charge in [0.15, 0.2) is 17.3 Å². The number of hydrogen-bond donors (Lipinski definition) is 0. The molecule has 1 aromatic heterocycles. The second-order valence-electron chi connectivity index (χ2n) is 5.99. The maximum Gasteiger partial charge on any atom is 0.374 e. The summed E-state index contributed by atoms with van der Waals surface area (Å²) in [5.74, 6) is 1.25. The molecule has 1 atom stereocenters. The lowest BCUT2D eigenvalue weighted by atomic mass is 9.81. The molecular formula is C19H20O6. The van der Waals surface area contributed by atoms with Crippen molar-refractivity contribution in [3.63, 3.8) is 0 Å². The van der Waals surface area contributed by atoms with Gasteiger partial charge in [0.2, 0.25) is 5.76 Å². The average Bonchev–Trinajstić information content (AvgIpc) is 2.97. The van der Waals surface area contributed by atoms with Crippen LogP contribution < -0.4 is 9.47 Å². The molecule has 6 heteroatoms. The fourth-order valence-electron chi connectivity index (χ4n) is 3.33. The summed E-state index contributed by atoms with van der Waals surface area (Å²) in [4.78, 5) is 24.4. The second-order valence-corrected chi connectivity index (χ2v) is 5.99. The van der Waals surface area contributed by atoms with Crippen LogP contribution in [0, 0.1) is 6.92 Å². The predicted octanol–water partition coefficient (Wildman–Crippen LogP) is 3.30. The topological polar surface area (TPSA) is 75.0 Å². The molecule has 0 saturated carbocycles. The highest BCUT2D eigenvalue weighted by Gasteiger charge is 2.34. The highest BCUT2D eigenvalue weighted by Crippen LogP contribution is 2.39. The van der Waals surface area contributed by atoms with E-state index in [1.807, 2.05) is 18.2 Å². The SMILES string of the molecule is COC(=O)c1oc2c(c1C)C(=O)CC(c1ccc(OC)c(OC)c1)C2. The molecule has 0 N–H and O–H groups in total. The van der Waals surface area contributed by atoms with Gasteiger partial charge in [-0.15, -0.1) is 0 Å². The van der Waals surface area contributed by atoms with E-state index in [4.69, 9.17) is 18.6 Å². The summed E-state index contributed by atoms with van der Waals surface area (Å²) in [5.41, 5.74) is 2.03. The second kappa shape index (κ2) is 6.63. The van der Waals surface area contributed by atoms with Crippen molar-refractivity contribution in [1.29, 1.82) is 0 Å². The van der Waals surface area contributed by atoms with Crippen LogP contribution in [0.2, 0.25) is 0 Å². The molecule has 0 bridgehead atoms. The molecule has 6 nitrogen and oxygen atoms in total. The molecule has 1 heterocycles. The first-order valence-electron chi connectivity index (χ1n) is 7.95. The first kappa shape index (κ1) is 17.1. The Hall–Kier alpha value is -2.76. The zero-order valence-electron chi connectivity index (χ0n) is 14.7. The van der Waals surface area contributed by atoms with Gasteiger partial charge >= 0.3 is 5.97 Å². The Kier molecular flexibility index (Phi) is 4.53. The molecule has 0 aliphatic heterocycles. The number of rotatable bonds is 4. The molecule has 1 unspecified atom stereocenters. The fourth-order valence-corrected chi connectivity index (χ4v) is 3.33. The lowest BCUT2D eigenvalue weighted by molar-refractivity contribution is 0.0561. The van der Waals surface area contributed by atoms with Gasteiger partial charge in [-0.3, -0.25) is 4.79 Å². The number of carbonyl (C=O) groups excluding carboxylic acids is 2. The van der Waals surface area contributed by atoms with E-state index in [1.54, 1.807) is 21.1 Å². The van der Waals surface area contributed by atoms with Gasteiger partial charge < -0.3 is 18.6 Å². The van der Waals surface area contributed by atoms with Crippen molar-refractivity contribution in [2.45, 2.75) is 25.7 Å². The molecule has 1 aromatic carbocycles. The van der Waals surface area contributed by atoms with Gasteiger partial charge in [0.05, 0.1) is 26.9 Å². The number of ether oxygens (including phenoxy) is 3. The van der Waals surface area contributed by atoms with E-state index in [1.165, 1.54) is 7.11 Å². The Balaban J connectivity index is 1.96. The largest absolute Gasteiger partial charge is 0.493 e. The maximum atomic E-state index is 12.6. The Labute approximate surface area is 145 Å². The van der Waals surface area contributed by atoms with Crippen molar-refractivity contribution >= 4 is 11.8 Å². The molecule has 0 saturated heterocycles. The zero-order chi connectivity index (χ0) is 18.1. The van der Waals surface area contributed by atoms with Crippen LogP contribution in [0.1, 0.15) is 50.1 Å². The van der Waals surface area contributed by atoms with Crippen LogP contribution in [-0.2, 0) is 11.2 Å². The zero-order valence-corrected chi connectivity index (χ0v) is 14.7. The number of esters is 1. The van der Waals surface area contributed by atoms with Crippen molar-refractivity contribution in [3.05, 3.63) is 46.4 Å². The molecule has 0 amide bonds. The summed E-state index contributed by atoms with van der Waals surface area (Å²) >= 11 is 0. The van der Waals surface area contributed by atoms with E-state index < -0.39 is 5.97 Å². The molecule has 2 aromatic rings. The lowest BCUT2D eigenvalue weighted by Gasteiger charge is -2.22. The number of furan rings is 1. The molecule has 1 aliphatic rings. The Morgan fingerprint density at radius 1 is 1.12 bits per heavy atom. The van der Waals surface area contributed by atoms with E-state index >= 15 is 0 Å². The minimum Gasteiger partial charge on any atom is -0.493 e. The van der Waals surface area contributed by atoms with E-state index in [2.05, 4.69) is 0 Å². The molecule has 3 rings (SSSR count). The van der Waals surface area contributed by atoms with Gasteiger partial charge in [-0.05, 0) is 30.5 Å². The number of methoxy groups -OCH3 is 3. The minimum atomic E-state index is -0.567. The van der Waals surface area contributed by atoms with Gasteiger partial charge in [-0.1, -0.05) is 6.07 Å². The average molecular weight is 344 g/mol. The predicted molar refractivity (Wildman–Crippen MR) is 89.7 cm³/mol. The van der Waals surface area contributed by atoms with Crippen molar-refractivity contribution in [2.75, 3.05) is 21.3 Å². The summed E-state index contributed by atoms with van der Waals surface area (Å²) in [5, 5.41) is 0. The Morgan fingerprint density at radius 3 is 2.48 bits per heavy atom. The smallest absolute Gasteiger partial charge is 0.374 e. The molecule has 132 valence electrons. The number of Topliss-reactive ketones (excluding diaryl/α,β-unsaturated/α-hetero) is 1. The first-order valence-corrected chi connectivity index (χ1v) is 7.95. The number of benzene rings is 1. The third kappa shape index (κ3) is 2.88. The van der Waals surface area contributed by atoms with E-state index in [0.29, 0.717) is 41.2 Å². The van der Waals surface area contributed by atoms with Crippen molar-refractivity contribution in [3.8, 4) is 11.5 Å². The van der Waals surface area contributed by atoms with Gasteiger partial charge in [0, 0.05) is 18.4 Å². The summed E-state index contributed by atoms with van der Waals surface area (Å²) in [7, 11) is 4.44. The van der Waals surface area contributed by atoms with Crippen LogP contribution in [0.3, 0.4) is 0 Å². The monoisotopic (exact) mass is 344 g/mol. The van der Waals surface area contributed by atoms with Crippen LogP contribution in [0.5, 0.6) is 11.5 Å². The van der Waals surface area contributed by atoms with Crippen LogP contribution in [0.25, 0.3) is 0 Å². The molecule has 25 heavy (non-hydrogen) atoms. The van der Waals surface area contributed by atoms with E-state index in [-0.39, 0.29) is 17.5 Å². The quantitative estimate of drug-likeness (QED) is 0.792. The summed E-state index contributed by atoms with van der Waals surface area (Å²) in [6.07, 6.45) is 0.887. The van der Waals surface area contributed by atoms with E-state index in [9.17, 15) is 9.59 Å². The first-order chi connectivity index (χ1) is 12.0. The lowest BCUT2D eigenvalue weighted by Crippen LogP contribution is -2.18. The number of carbonyl (C=O) groups is 2. The van der Waals surface area contributed by atoms with Crippen LogP contribution in [0.4, 0.5) is 0 Å². The van der Waals surface area contributed by atoms with Gasteiger partial charge in [-0.25, -0.2) is 4.79 Å². The minimum absolute atomic E-state index is 0.0302. The Morgan fingerprint density at radius 2 is 1.84 bits per heavy atom. The van der Waals surface area contributed by atoms with Crippen LogP contribution in [-0.4, -0.2) is 33.1 Å². The summed E-state index contributed by atoms with van der Waals surface area (Å²) in [6.45, 7) is 1.71. The third-order valence-corrected chi connectivity index (χ3v) is 4.61. The molecule has 1 aliphatic carbocycles. The normalized spacial score (nSPS) is 16.3. The van der Waals surface area contributed by atoms with Gasteiger partial charge in [0.1, 0.15) is 5.76 Å². The molecular weight excluding hydrogens is 324 g/mol. The van der Waals surface area contributed by atoms with Gasteiger partial charge in [-0.2, -0.15) is 0 Å². The maximum absolute atomic E-state index is 12.6. The molecule has 0 spiro atoms. The van der Waals surface area contributed by atoms with Crippen molar-refractivity contribution in [2.24, 2.45) is 0 Å². The van der Waals surface area contributed by atoms with Gasteiger partial charge in [0.25, 0.3) is 0 Å². The highest BCUT2D eigenvalue weighted by atomic mass is 16.5. The van der Waals surface area contributed by atoms with Crippen LogP contribution in [0.15, 0.2) is 22.6 Å². The fraction of sp³-hybridized carbons (Fsp3) is 0.368. The molecule has 0 radical (unpaired) electrons. The third-order valence-electron chi connectivity index (χ3n) is 4.61. The van der Waals surface area contributed by atoms with Crippen LogP contribution >= 0.6 is 0 Å². The number of ketones is 1.